The van der Waals surface area contributed by atoms with Crippen LogP contribution in [0.2, 0.25) is 0 Å². The van der Waals surface area contributed by atoms with E-state index in [9.17, 15) is 5.11 Å². The van der Waals surface area contributed by atoms with Crippen molar-refractivity contribution in [1.82, 2.24) is 0 Å². The van der Waals surface area contributed by atoms with Gasteiger partial charge >= 0.3 is 0 Å². The van der Waals surface area contributed by atoms with E-state index in [-0.39, 0.29) is 6.10 Å². The minimum absolute atomic E-state index is 0.342. The zero-order valence-corrected chi connectivity index (χ0v) is 8.20. The van der Waals surface area contributed by atoms with Gasteiger partial charge in [0.25, 0.3) is 0 Å². The SMILES string of the molecule is CC(O)c1ccc(C2CC2C)cc1. The van der Waals surface area contributed by atoms with Crippen LogP contribution in [-0.2, 0) is 0 Å². The zero-order chi connectivity index (χ0) is 9.42. The Labute approximate surface area is 79.4 Å². The molecule has 0 aliphatic heterocycles. The van der Waals surface area contributed by atoms with E-state index in [1.165, 1.54) is 12.0 Å². The third kappa shape index (κ3) is 1.75. The first-order valence-corrected chi connectivity index (χ1v) is 4.96. The maximum absolute atomic E-state index is 9.32. The Morgan fingerprint density at radius 3 is 2.23 bits per heavy atom. The lowest BCUT2D eigenvalue weighted by Crippen LogP contribution is -1.91. The Hall–Kier alpha value is -0.820. The first-order chi connectivity index (χ1) is 6.18. The van der Waals surface area contributed by atoms with Gasteiger partial charge in [0, 0.05) is 0 Å². The van der Waals surface area contributed by atoms with Gasteiger partial charge < -0.3 is 5.11 Å². The molecule has 70 valence electrons. The highest BCUT2D eigenvalue weighted by Gasteiger charge is 2.33. The van der Waals surface area contributed by atoms with Crippen molar-refractivity contribution in [2.45, 2.75) is 32.3 Å². The topological polar surface area (TPSA) is 20.2 Å². The molecule has 0 radical (unpaired) electrons. The number of benzene rings is 1. The quantitative estimate of drug-likeness (QED) is 0.734. The molecule has 3 atom stereocenters. The van der Waals surface area contributed by atoms with Crippen LogP contribution < -0.4 is 0 Å². The van der Waals surface area contributed by atoms with Crippen LogP contribution in [0.3, 0.4) is 0 Å². The molecule has 0 heterocycles. The molecule has 1 N–H and O–H groups in total. The van der Waals surface area contributed by atoms with Crippen LogP contribution in [0, 0.1) is 5.92 Å². The Morgan fingerprint density at radius 2 is 1.85 bits per heavy atom. The molecule has 0 amide bonds. The number of aliphatic hydroxyl groups is 1. The van der Waals surface area contributed by atoms with Gasteiger partial charge in [0.15, 0.2) is 0 Å². The van der Waals surface area contributed by atoms with Crippen molar-refractivity contribution in [2.24, 2.45) is 5.92 Å². The molecule has 0 saturated heterocycles. The fourth-order valence-electron chi connectivity index (χ4n) is 1.81. The summed E-state index contributed by atoms with van der Waals surface area (Å²) in [4.78, 5) is 0. The van der Waals surface area contributed by atoms with Crippen LogP contribution in [0.15, 0.2) is 24.3 Å². The standard InChI is InChI=1S/C12H16O/c1-8-7-12(8)11-5-3-10(4-6-11)9(2)13/h3-6,8-9,12-13H,7H2,1-2H3. The molecule has 2 rings (SSSR count). The molecule has 0 bridgehead atoms. The fourth-order valence-corrected chi connectivity index (χ4v) is 1.81. The number of hydrogen-bond acceptors (Lipinski definition) is 1. The van der Waals surface area contributed by atoms with Gasteiger partial charge in [-0.3, -0.25) is 0 Å². The van der Waals surface area contributed by atoms with Crippen molar-refractivity contribution in [3.63, 3.8) is 0 Å². The lowest BCUT2D eigenvalue weighted by Gasteiger charge is -2.05. The summed E-state index contributed by atoms with van der Waals surface area (Å²) in [5, 5.41) is 9.32. The first kappa shape index (κ1) is 8.76. The molecule has 1 aromatic carbocycles. The molecule has 1 nitrogen and oxygen atoms in total. The first-order valence-electron chi connectivity index (χ1n) is 4.96. The molecular formula is C12H16O. The van der Waals surface area contributed by atoms with Gasteiger partial charge in [0.1, 0.15) is 0 Å². The number of hydrogen-bond donors (Lipinski definition) is 1. The number of aliphatic hydroxyl groups excluding tert-OH is 1. The minimum atomic E-state index is -0.342. The van der Waals surface area contributed by atoms with Gasteiger partial charge in [-0.05, 0) is 36.3 Å². The van der Waals surface area contributed by atoms with E-state index < -0.39 is 0 Å². The molecule has 1 fully saturated rings. The molecule has 0 aromatic heterocycles. The highest BCUT2D eigenvalue weighted by Crippen LogP contribution is 2.46. The largest absolute Gasteiger partial charge is 0.389 e. The summed E-state index contributed by atoms with van der Waals surface area (Å²) >= 11 is 0. The normalized spacial score (nSPS) is 28.5. The Morgan fingerprint density at radius 1 is 1.31 bits per heavy atom. The summed E-state index contributed by atoms with van der Waals surface area (Å²) in [5.74, 6) is 1.64. The van der Waals surface area contributed by atoms with Gasteiger partial charge in [-0.15, -0.1) is 0 Å². The third-order valence-corrected chi connectivity index (χ3v) is 2.96. The minimum Gasteiger partial charge on any atom is -0.389 e. The predicted molar refractivity (Wildman–Crippen MR) is 53.6 cm³/mol. The highest BCUT2D eigenvalue weighted by atomic mass is 16.3. The van der Waals surface area contributed by atoms with E-state index in [0.29, 0.717) is 0 Å². The summed E-state index contributed by atoms with van der Waals surface area (Å²) < 4.78 is 0. The summed E-state index contributed by atoms with van der Waals surface area (Å²) in [6.07, 6.45) is 0.985. The molecule has 1 aliphatic carbocycles. The average molecular weight is 176 g/mol. The van der Waals surface area contributed by atoms with Crippen LogP contribution in [0.1, 0.15) is 43.4 Å². The fraction of sp³-hybridized carbons (Fsp3) is 0.500. The van der Waals surface area contributed by atoms with Crippen molar-refractivity contribution in [3.8, 4) is 0 Å². The molecule has 1 saturated carbocycles. The second-order valence-electron chi connectivity index (χ2n) is 4.16. The molecule has 3 unspecified atom stereocenters. The molecule has 13 heavy (non-hydrogen) atoms. The van der Waals surface area contributed by atoms with Crippen LogP contribution in [0.4, 0.5) is 0 Å². The van der Waals surface area contributed by atoms with Crippen LogP contribution in [-0.4, -0.2) is 5.11 Å². The van der Waals surface area contributed by atoms with Gasteiger partial charge in [0.2, 0.25) is 0 Å². The Kier molecular flexibility index (Phi) is 2.12. The van der Waals surface area contributed by atoms with Crippen LogP contribution >= 0.6 is 0 Å². The van der Waals surface area contributed by atoms with Gasteiger partial charge in [-0.2, -0.15) is 0 Å². The lowest BCUT2D eigenvalue weighted by atomic mass is 10.0. The van der Waals surface area contributed by atoms with E-state index >= 15 is 0 Å². The smallest absolute Gasteiger partial charge is 0.0761 e. The Balaban J connectivity index is 2.14. The van der Waals surface area contributed by atoms with E-state index in [1.54, 1.807) is 6.92 Å². The summed E-state index contributed by atoms with van der Waals surface area (Å²) in [7, 11) is 0. The second kappa shape index (κ2) is 3.15. The van der Waals surface area contributed by atoms with Crippen molar-refractivity contribution in [3.05, 3.63) is 35.4 Å². The molecule has 1 aliphatic rings. The molecular weight excluding hydrogens is 160 g/mol. The van der Waals surface area contributed by atoms with Gasteiger partial charge in [-0.25, -0.2) is 0 Å². The predicted octanol–water partition coefficient (Wildman–Crippen LogP) is 2.86. The van der Waals surface area contributed by atoms with Crippen molar-refractivity contribution >= 4 is 0 Å². The third-order valence-electron chi connectivity index (χ3n) is 2.96. The summed E-state index contributed by atoms with van der Waals surface area (Å²) in [6.45, 7) is 4.09. The molecule has 1 heteroatoms. The van der Waals surface area contributed by atoms with Crippen molar-refractivity contribution < 1.29 is 5.11 Å². The van der Waals surface area contributed by atoms with Gasteiger partial charge in [-0.1, -0.05) is 31.2 Å². The molecule has 1 aromatic rings. The van der Waals surface area contributed by atoms with Gasteiger partial charge in [0.05, 0.1) is 6.10 Å². The second-order valence-corrected chi connectivity index (χ2v) is 4.16. The highest BCUT2D eigenvalue weighted by molar-refractivity contribution is 5.29. The monoisotopic (exact) mass is 176 g/mol. The molecule has 0 spiro atoms. The van der Waals surface area contributed by atoms with Crippen molar-refractivity contribution in [2.75, 3.05) is 0 Å². The van der Waals surface area contributed by atoms with Crippen LogP contribution in [0.5, 0.6) is 0 Å². The zero-order valence-electron chi connectivity index (χ0n) is 8.20. The maximum atomic E-state index is 9.32. The number of rotatable bonds is 2. The van der Waals surface area contributed by atoms with Crippen LogP contribution in [0.25, 0.3) is 0 Å². The summed E-state index contributed by atoms with van der Waals surface area (Å²) in [6, 6.07) is 8.36. The maximum Gasteiger partial charge on any atom is 0.0761 e. The van der Waals surface area contributed by atoms with E-state index in [0.717, 1.165) is 17.4 Å². The van der Waals surface area contributed by atoms with Crippen molar-refractivity contribution in [1.29, 1.82) is 0 Å². The lowest BCUT2D eigenvalue weighted by molar-refractivity contribution is 0.199. The summed E-state index contributed by atoms with van der Waals surface area (Å²) in [5.41, 5.74) is 2.44. The van der Waals surface area contributed by atoms with E-state index in [1.807, 2.05) is 12.1 Å². The average Bonchev–Trinajstić information content (AvgIpc) is 2.83. The van der Waals surface area contributed by atoms with E-state index in [2.05, 4.69) is 19.1 Å². The Bertz CT molecular complexity index is 286. The van der Waals surface area contributed by atoms with E-state index in [4.69, 9.17) is 0 Å².